The molecule has 1 aromatic rings. The Labute approximate surface area is 120 Å². The third-order valence-corrected chi connectivity index (χ3v) is 4.60. The average Bonchev–Trinajstić information content (AvgIpc) is 2.97. The zero-order valence-electron chi connectivity index (χ0n) is 12.7. The van der Waals surface area contributed by atoms with E-state index >= 15 is 0 Å². The van der Waals surface area contributed by atoms with Gasteiger partial charge in [0, 0.05) is 13.1 Å². The van der Waals surface area contributed by atoms with Crippen LogP contribution in [0.25, 0.3) is 0 Å². The van der Waals surface area contributed by atoms with Crippen molar-refractivity contribution in [2.75, 3.05) is 18.0 Å². The summed E-state index contributed by atoms with van der Waals surface area (Å²) in [7, 11) is -0.430. The second-order valence-corrected chi connectivity index (χ2v) is 6.60. The number of aromatic nitrogens is 2. The van der Waals surface area contributed by atoms with Gasteiger partial charge in [-0.3, -0.25) is 0 Å². The molecule has 1 aromatic heterocycles. The maximum atomic E-state index is 5.98. The van der Waals surface area contributed by atoms with Gasteiger partial charge in [0.25, 0.3) is 0 Å². The number of rotatable bonds is 2. The van der Waals surface area contributed by atoms with Gasteiger partial charge in [-0.1, -0.05) is 0 Å². The number of hydrogen-bond donors (Lipinski definition) is 0. The lowest BCUT2D eigenvalue weighted by molar-refractivity contribution is 0.00578. The Kier molecular flexibility index (Phi) is 3.25. The molecule has 3 rings (SSSR count). The van der Waals surface area contributed by atoms with Crippen molar-refractivity contribution >= 4 is 18.5 Å². The molecule has 0 aliphatic carbocycles. The molecule has 20 heavy (non-hydrogen) atoms. The van der Waals surface area contributed by atoms with E-state index in [2.05, 4.69) is 15.1 Å². The summed E-state index contributed by atoms with van der Waals surface area (Å²) in [6.07, 6.45) is 2.47. The summed E-state index contributed by atoms with van der Waals surface area (Å²) in [4.78, 5) is 2.26. The van der Waals surface area contributed by atoms with Crippen LogP contribution >= 0.6 is 0 Å². The summed E-state index contributed by atoms with van der Waals surface area (Å²) in [5, 5.41) is 8.61. The molecule has 0 spiro atoms. The van der Waals surface area contributed by atoms with Gasteiger partial charge < -0.3 is 14.2 Å². The van der Waals surface area contributed by atoms with E-state index in [1.165, 1.54) is 12.8 Å². The molecule has 0 atom stereocenters. The number of nitrogens with zero attached hydrogens (tertiary/aromatic N) is 3. The van der Waals surface area contributed by atoms with Gasteiger partial charge in [-0.25, -0.2) is 0 Å². The van der Waals surface area contributed by atoms with Gasteiger partial charge in [0.1, 0.15) is 0 Å². The molecular formula is C14H22BN3O2. The summed E-state index contributed by atoms with van der Waals surface area (Å²) in [5.41, 5.74) is 0.0616. The normalized spacial score (nSPS) is 24.4. The van der Waals surface area contributed by atoms with Gasteiger partial charge in [0.05, 0.1) is 16.8 Å². The van der Waals surface area contributed by atoms with Crippen LogP contribution < -0.4 is 10.5 Å². The lowest BCUT2D eigenvalue weighted by atomic mass is 9.85. The van der Waals surface area contributed by atoms with Crippen molar-refractivity contribution < 1.29 is 9.31 Å². The van der Waals surface area contributed by atoms with Gasteiger partial charge in [-0.2, -0.15) is 5.10 Å². The summed E-state index contributed by atoms with van der Waals surface area (Å²) >= 11 is 0. The molecule has 2 fully saturated rings. The van der Waals surface area contributed by atoms with Crippen LogP contribution in [0.2, 0.25) is 0 Å². The van der Waals surface area contributed by atoms with E-state index in [1.807, 2.05) is 39.8 Å². The average molecular weight is 275 g/mol. The second kappa shape index (κ2) is 4.70. The molecule has 0 unspecified atom stereocenters. The highest BCUT2D eigenvalue weighted by molar-refractivity contribution is 6.61. The van der Waals surface area contributed by atoms with Crippen LogP contribution in [0.1, 0.15) is 40.5 Å². The van der Waals surface area contributed by atoms with E-state index in [4.69, 9.17) is 9.31 Å². The van der Waals surface area contributed by atoms with Crippen LogP contribution in [0.5, 0.6) is 0 Å². The number of hydrogen-bond acceptors (Lipinski definition) is 5. The van der Waals surface area contributed by atoms with E-state index in [0.717, 1.165) is 24.5 Å². The minimum atomic E-state index is -0.430. The molecule has 0 radical (unpaired) electrons. The Morgan fingerprint density at radius 2 is 1.60 bits per heavy atom. The molecule has 6 heteroatoms. The van der Waals surface area contributed by atoms with Gasteiger partial charge in [-0.15, -0.1) is 5.10 Å². The fourth-order valence-corrected chi connectivity index (χ4v) is 2.54. The Hall–Kier alpha value is -1.14. The van der Waals surface area contributed by atoms with Crippen molar-refractivity contribution in [3.63, 3.8) is 0 Å². The van der Waals surface area contributed by atoms with Crippen molar-refractivity contribution in [1.29, 1.82) is 0 Å². The fraction of sp³-hybridized carbons (Fsp3) is 0.714. The van der Waals surface area contributed by atoms with Crippen LogP contribution in [-0.2, 0) is 9.31 Å². The smallest absolute Gasteiger partial charge is 0.398 e. The first-order valence-electron chi connectivity index (χ1n) is 7.33. The quantitative estimate of drug-likeness (QED) is 0.763. The highest BCUT2D eigenvalue weighted by atomic mass is 16.7. The molecule has 5 nitrogen and oxygen atoms in total. The first kappa shape index (κ1) is 13.8. The summed E-state index contributed by atoms with van der Waals surface area (Å²) in [5.74, 6) is 0.947. The molecular weight excluding hydrogens is 253 g/mol. The van der Waals surface area contributed by atoms with Gasteiger partial charge in [0.2, 0.25) is 0 Å². The van der Waals surface area contributed by atoms with Crippen molar-refractivity contribution in [3.8, 4) is 0 Å². The number of anilines is 1. The Bertz CT molecular complexity index is 468. The van der Waals surface area contributed by atoms with E-state index in [1.54, 1.807) is 0 Å². The zero-order chi connectivity index (χ0) is 14.4. The van der Waals surface area contributed by atoms with E-state index in [9.17, 15) is 0 Å². The summed E-state index contributed by atoms with van der Waals surface area (Å²) < 4.78 is 12.0. The highest BCUT2D eigenvalue weighted by Crippen LogP contribution is 2.36. The van der Waals surface area contributed by atoms with Crippen molar-refractivity contribution in [2.45, 2.75) is 51.7 Å². The van der Waals surface area contributed by atoms with Crippen molar-refractivity contribution in [2.24, 2.45) is 0 Å². The molecule has 2 saturated heterocycles. The predicted molar refractivity (Wildman–Crippen MR) is 79.2 cm³/mol. The zero-order valence-corrected chi connectivity index (χ0v) is 12.7. The van der Waals surface area contributed by atoms with Crippen LogP contribution in [0, 0.1) is 0 Å². The third-order valence-electron chi connectivity index (χ3n) is 4.60. The largest absolute Gasteiger partial charge is 0.516 e. The SMILES string of the molecule is CC1(C)OB(c2ccc(N3CCCC3)nn2)OC1(C)C. The molecule has 2 aliphatic rings. The molecule has 0 N–H and O–H groups in total. The monoisotopic (exact) mass is 275 g/mol. The standard InChI is InChI=1S/C14H22BN3O2/c1-13(2)14(3,4)20-15(19-13)11-7-8-12(17-16-11)18-9-5-6-10-18/h7-8H,5-6,9-10H2,1-4H3. The molecule has 108 valence electrons. The lowest BCUT2D eigenvalue weighted by Gasteiger charge is -2.32. The Morgan fingerprint density at radius 3 is 2.10 bits per heavy atom. The van der Waals surface area contributed by atoms with Gasteiger partial charge >= 0.3 is 7.12 Å². The maximum Gasteiger partial charge on any atom is 0.516 e. The van der Waals surface area contributed by atoms with Crippen LogP contribution in [0.4, 0.5) is 5.82 Å². The second-order valence-electron chi connectivity index (χ2n) is 6.60. The first-order chi connectivity index (χ1) is 9.39. The van der Waals surface area contributed by atoms with Crippen LogP contribution in [-0.4, -0.2) is 41.6 Å². The van der Waals surface area contributed by atoms with Crippen LogP contribution in [0.15, 0.2) is 12.1 Å². The Morgan fingerprint density at radius 1 is 1.00 bits per heavy atom. The van der Waals surface area contributed by atoms with Gasteiger partial charge in [-0.05, 0) is 52.7 Å². The fourth-order valence-electron chi connectivity index (χ4n) is 2.54. The molecule has 0 amide bonds. The predicted octanol–water partition coefficient (Wildman–Crippen LogP) is 1.38. The van der Waals surface area contributed by atoms with E-state index < -0.39 is 7.12 Å². The van der Waals surface area contributed by atoms with E-state index in [0.29, 0.717) is 0 Å². The maximum absolute atomic E-state index is 5.98. The molecule has 2 aliphatic heterocycles. The van der Waals surface area contributed by atoms with Crippen LogP contribution in [0.3, 0.4) is 0 Å². The Balaban J connectivity index is 1.75. The molecule has 0 aromatic carbocycles. The molecule has 0 bridgehead atoms. The third kappa shape index (κ3) is 2.31. The highest BCUT2D eigenvalue weighted by Gasteiger charge is 2.52. The van der Waals surface area contributed by atoms with Crippen molar-refractivity contribution in [3.05, 3.63) is 12.1 Å². The van der Waals surface area contributed by atoms with Crippen molar-refractivity contribution in [1.82, 2.24) is 10.2 Å². The van der Waals surface area contributed by atoms with Gasteiger partial charge in [0.15, 0.2) is 5.82 Å². The summed E-state index contributed by atoms with van der Waals surface area (Å²) in [6, 6.07) is 3.97. The minimum absolute atomic E-state index is 0.340. The van der Waals surface area contributed by atoms with E-state index in [-0.39, 0.29) is 11.2 Å². The topological polar surface area (TPSA) is 47.5 Å². The molecule has 0 saturated carbocycles. The first-order valence-corrected chi connectivity index (χ1v) is 7.33. The summed E-state index contributed by atoms with van der Waals surface area (Å²) in [6.45, 7) is 10.3. The lowest BCUT2D eigenvalue weighted by Crippen LogP contribution is -2.41. The minimum Gasteiger partial charge on any atom is -0.398 e. The molecule has 3 heterocycles.